The molecular formula is C28H40BrNO2. The number of benzene rings is 1. The number of aliphatic hydroxyl groups is 1. The molecule has 1 aromatic carbocycles. The summed E-state index contributed by atoms with van der Waals surface area (Å²) >= 11 is 3.56. The van der Waals surface area contributed by atoms with Gasteiger partial charge in [0, 0.05) is 17.1 Å². The Morgan fingerprint density at radius 3 is 2.72 bits per heavy atom. The summed E-state index contributed by atoms with van der Waals surface area (Å²) in [6.45, 7) is 14.1. The molecule has 0 bridgehead atoms. The Labute approximate surface area is 202 Å². The molecule has 0 radical (unpaired) electrons. The molecule has 4 heteroatoms. The summed E-state index contributed by atoms with van der Waals surface area (Å²) in [6, 6.07) is 8.12. The molecular weight excluding hydrogens is 462 g/mol. The van der Waals surface area contributed by atoms with E-state index in [1.165, 1.54) is 11.1 Å². The molecule has 1 amide bonds. The van der Waals surface area contributed by atoms with Crippen molar-refractivity contribution in [2.24, 2.45) is 22.7 Å². The van der Waals surface area contributed by atoms with Crippen LogP contribution in [0.3, 0.4) is 0 Å². The topological polar surface area (TPSA) is 49.3 Å². The SMILES string of the molecule is C=C1CC[C@@H]2C(C)(C)[C@H](O)CC[C@@]2(C)[C@@H]1CC/C(C)=C/C(=O)NCCc1ccccc1Br. The molecule has 0 aliphatic heterocycles. The highest BCUT2D eigenvalue weighted by atomic mass is 79.9. The number of hydrogen-bond donors (Lipinski definition) is 2. The Balaban J connectivity index is 1.56. The van der Waals surface area contributed by atoms with Gasteiger partial charge in [0.2, 0.25) is 5.91 Å². The predicted molar refractivity (Wildman–Crippen MR) is 136 cm³/mol. The van der Waals surface area contributed by atoms with Crippen molar-refractivity contribution in [2.75, 3.05) is 6.54 Å². The van der Waals surface area contributed by atoms with Gasteiger partial charge in [-0.15, -0.1) is 0 Å². The smallest absolute Gasteiger partial charge is 0.243 e. The van der Waals surface area contributed by atoms with E-state index in [1.54, 1.807) is 6.08 Å². The second-order valence-corrected chi connectivity index (χ2v) is 11.7. The van der Waals surface area contributed by atoms with Crippen molar-refractivity contribution in [1.82, 2.24) is 5.32 Å². The molecule has 3 nitrogen and oxygen atoms in total. The summed E-state index contributed by atoms with van der Waals surface area (Å²) in [6.07, 6.45) is 8.42. The average molecular weight is 503 g/mol. The van der Waals surface area contributed by atoms with Crippen LogP contribution < -0.4 is 5.32 Å². The summed E-state index contributed by atoms with van der Waals surface area (Å²) in [5.41, 5.74) is 3.82. The van der Waals surface area contributed by atoms with Crippen LogP contribution in [-0.4, -0.2) is 23.7 Å². The maximum absolute atomic E-state index is 12.4. The third-order valence-corrected chi connectivity index (χ3v) is 9.18. The minimum atomic E-state index is -0.213. The van der Waals surface area contributed by atoms with E-state index >= 15 is 0 Å². The highest BCUT2D eigenvalue weighted by molar-refractivity contribution is 9.10. The van der Waals surface area contributed by atoms with Crippen LogP contribution in [0.1, 0.15) is 71.8 Å². The molecule has 0 spiro atoms. The molecule has 1 aromatic rings. The van der Waals surface area contributed by atoms with Gasteiger partial charge in [0.05, 0.1) is 6.10 Å². The Kier molecular flexibility index (Phi) is 8.09. The fraction of sp³-hybridized carbons (Fsp3) is 0.607. The highest BCUT2D eigenvalue weighted by Crippen LogP contribution is 2.61. The van der Waals surface area contributed by atoms with E-state index < -0.39 is 0 Å². The van der Waals surface area contributed by atoms with Crippen molar-refractivity contribution in [3.05, 3.63) is 58.1 Å². The molecule has 0 heterocycles. The molecule has 2 saturated carbocycles. The Hall–Kier alpha value is -1.39. The summed E-state index contributed by atoms with van der Waals surface area (Å²) in [7, 11) is 0. The van der Waals surface area contributed by atoms with E-state index in [0.717, 1.165) is 55.0 Å². The monoisotopic (exact) mass is 501 g/mol. The lowest BCUT2D eigenvalue weighted by atomic mass is 9.46. The van der Waals surface area contributed by atoms with Gasteiger partial charge in [-0.25, -0.2) is 0 Å². The average Bonchev–Trinajstić information content (AvgIpc) is 2.72. The van der Waals surface area contributed by atoms with Crippen molar-refractivity contribution in [3.8, 4) is 0 Å². The molecule has 2 fully saturated rings. The zero-order valence-corrected chi connectivity index (χ0v) is 21.8. The van der Waals surface area contributed by atoms with Crippen molar-refractivity contribution >= 4 is 21.8 Å². The quantitative estimate of drug-likeness (QED) is 0.326. The number of carbonyl (C=O) groups is 1. The number of allylic oxidation sites excluding steroid dienone is 2. The van der Waals surface area contributed by atoms with Crippen LogP contribution in [0, 0.1) is 22.7 Å². The van der Waals surface area contributed by atoms with E-state index in [1.807, 2.05) is 18.2 Å². The van der Waals surface area contributed by atoms with Crippen LogP contribution in [0.25, 0.3) is 0 Å². The number of fused-ring (bicyclic) bond motifs is 1. The zero-order valence-electron chi connectivity index (χ0n) is 20.2. The summed E-state index contributed by atoms with van der Waals surface area (Å²) in [5, 5.41) is 13.7. The third kappa shape index (κ3) is 5.39. The van der Waals surface area contributed by atoms with Crippen LogP contribution in [-0.2, 0) is 11.2 Å². The number of halogens is 1. The summed E-state index contributed by atoms with van der Waals surface area (Å²) in [5.74, 6) is 0.956. The maximum Gasteiger partial charge on any atom is 0.243 e. The third-order valence-electron chi connectivity index (χ3n) is 8.41. The van der Waals surface area contributed by atoms with E-state index in [9.17, 15) is 9.90 Å². The van der Waals surface area contributed by atoms with Gasteiger partial charge in [0.25, 0.3) is 0 Å². The number of rotatable bonds is 7. The minimum Gasteiger partial charge on any atom is -0.393 e. The Bertz CT molecular complexity index is 874. The number of nitrogens with one attached hydrogen (secondary N) is 1. The molecule has 3 rings (SSSR count). The van der Waals surface area contributed by atoms with E-state index in [4.69, 9.17) is 0 Å². The van der Waals surface area contributed by atoms with Crippen molar-refractivity contribution in [1.29, 1.82) is 0 Å². The second-order valence-electron chi connectivity index (χ2n) is 10.8. The molecule has 2 N–H and O–H groups in total. The molecule has 4 atom stereocenters. The molecule has 0 aromatic heterocycles. The van der Waals surface area contributed by atoms with Crippen LogP contribution in [0.15, 0.2) is 52.5 Å². The van der Waals surface area contributed by atoms with Crippen LogP contribution in [0.5, 0.6) is 0 Å². The summed E-state index contributed by atoms with van der Waals surface area (Å²) < 4.78 is 1.08. The first-order chi connectivity index (χ1) is 15.1. The van der Waals surface area contributed by atoms with Crippen molar-refractivity contribution in [2.45, 2.75) is 78.7 Å². The maximum atomic E-state index is 12.4. The molecule has 176 valence electrons. The first-order valence-corrected chi connectivity index (χ1v) is 12.9. The van der Waals surface area contributed by atoms with Crippen LogP contribution in [0.2, 0.25) is 0 Å². The van der Waals surface area contributed by atoms with E-state index in [-0.39, 0.29) is 22.8 Å². The van der Waals surface area contributed by atoms with Gasteiger partial charge < -0.3 is 10.4 Å². The fourth-order valence-corrected chi connectivity index (χ4v) is 6.92. The molecule has 2 aliphatic carbocycles. The Morgan fingerprint density at radius 2 is 2.00 bits per heavy atom. The normalized spacial score (nSPS) is 30.0. The van der Waals surface area contributed by atoms with Gasteiger partial charge >= 0.3 is 0 Å². The van der Waals surface area contributed by atoms with Gasteiger partial charge in [-0.3, -0.25) is 4.79 Å². The number of amides is 1. The highest BCUT2D eigenvalue weighted by Gasteiger charge is 2.55. The van der Waals surface area contributed by atoms with Crippen LogP contribution in [0.4, 0.5) is 0 Å². The lowest BCUT2D eigenvalue weighted by Crippen LogP contribution is -2.54. The second kappa shape index (κ2) is 10.3. The number of hydrogen-bond acceptors (Lipinski definition) is 2. The van der Waals surface area contributed by atoms with Crippen LogP contribution >= 0.6 is 15.9 Å². The largest absolute Gasteiger partial charge is 0.393 e. The minimum absolute atomic E-state index is 0.0111. The number of aliphatic hydroxyl groups excluding tert-OH is 1. The Morgan fingerprint density at radius 1 is 1.28 bits per heavy atom. The van der Waals surface area contributed by atoms with Gasteiger partial charge in [0.15, 0.2) is 0 Å². The number of carbonyl (C=O) groups excluding carboxylic acids is 1. The lowest BCUT2D eigenvalue weighted by Gasteiger charge is -2.59. The van der Waals surface area contributed by atoms with Gasteiger partial charge in [0.1, 0.15) is 0 Å². The standard InChI is InChI=1S/C28H40BrNO2/c1-19(18-26(32)30-17-15-21-8-6-7-9-23(21)29)10-12-22-20(2)11-13-24-27(3,4)25(31)14-16-28(22,24)5/h6-9,18,22,24-25,31H,2,10-17H2,1,3-5H3,(H,30,32)/b19-18+/t22-,24-,25-,28+/m1/s1. The zero-order chi connectivity index (χ0) is 23.5. The van der Waals surface area contributed by atoms with Gasteiger partial charge in [-0.2, -0.15) is 0 Å². The molecule has 32 heavy (non-hydrogen) atoms. The first kappa shape index (κ1) is 25.2. The van der Waals surface area contributed by atoms with Crippen molar-refractivity contribution in [3.63, 3.8) is 0 Å². The van der Waals surface area contributed by atoms with E-state index in [2.05, 4.69) is 61.6 Å². The summed E-state index contributed by atoms with van der Waals surface area (Å²) in [4.78, 5) is 12.4. The predicted octanol–water partition coefficient (Wildman–Crippen LogP) is 6.60. The van der Waals surface area contributed by atoms with Crippen molar-refractivity contribution < 1.29 is 9.90 Å². The van der Waals surface area contributed by atoms with Gasteiger partial charge in [-0.05, 0) is 86.2 Å². The first-order valence-electron chi connectivity index (χ1n) is 12.1. The molecule has 2 aliphatic rings. The van der Waals surface area contributed by atoms with E-state index in [0.29, 0.717) is 18.4 Å². The molecule has 0 saturated heterocycles. The lowest BCUT2D eigenvalue weighted by molar-refractivity contribution is -0.124. The van der Waals surface area contributed by atoms with Gasteiger partial charge in [-0.1, -0.05) is 72.6 Å². The fourth-order valence-electron chi connectivity index (χ4n) is 6.44. The molecule has 0 unspecified atom stereocenters.